The Hall–Kier alpha value is -6.64. The lowest BCUT2D eigenvalue weighted by atomic mass is 9.92. The van der Waals surface area contributed by atoms with Crippen molar-refractivity contribution in [3.05, 3.63) is 199 Å². The summed E-state index contributed by atoms with van der Waals surface area (Å²) >= 11 is 0. The Balaban J connectivity index is 1.10. The third kappa shape index (κ3) is 5.11. The van der Waals surface area contributed by atoms with Crippen molar-refractivity contribution in [1.29, 1.82) is 0 Å². The zero-order valence-electron chi connectivity index (χ0n) is 28.8. The van der Waals surface area contributed by atoms with Crippen LogP contribution in [0.1, 0.15) is 17.5 Å². The van der Waals surface area contributed by atoms with Crippen molar-refractivity contribution in [2.24, 2.45) is 0 Å². The first-order chi connectivity index (χ1) is 25.8. The number of nitrogens with zero attached hydrogens (tertiary/aromatic N) is 2. The van der Waals surface area contributed by atoms with E-state index in [1.54, 1.807) is 0 Å². The van der Waals surface area contributed by atoms with Crippen molar-refractivity contribution >= 4 is 55.7 Å². The highest BCUT2D eigenvalue weighted by atomic mass is 15.1. The van der Waals surface area contributed by atoms with Crippen molar-refractivity contribution in [3.8, 4) is 27.9 Å². The molecule has 0 spiro atoms. The maximum atomic E-state index is 2.42. The van der Waals surface area contributed by atoms with Gasteiger partial charge < -0.3 is 9.47 Å². The van der Waals surface area contributed by atoms with E-state index >= 15 is 0 Å². The molecule has 0 fully saturated rings. The first-order valence-corrected chi connectivity index (χ1v) is 18.2. The highest BCUT2D eigenvalue weighted by Gasteiger charge is 2.19. The zero-order chi connectivity index (χ0) is 34.4. The van der Waals surface area contributed by atoms with Crippen LogP contribution in [-0.2, 0) is 6.42 Å². The fourth-order valence-corrected chi connectivity index (χ4v) is 8.18. The Morgan fingerprint density at radius 3 is 2.00 bits per heavy atom. The molecule has 0 N–H and O–H groups in total. The molecule has 8 aromatic carbocycles. The van der Waals surface area contributed by atoms with Crippen LogP contribution >= 0.6 is 0 Å². The first kappa shape index (κ1) is 30.2. The molecule has 1 heterocycles. The number of benzene rings is 8. The van der Waals surface area contributed by atoms with Gasteiger partial charge >= 0.3 is 0 Å². The van der Waals surface area contributed by atoms with Crippen molar-refractivity contribution < 1.29 is 0 Å². The molecule has 1 aliphatic carbocycles. The topological polar surface area (TPSA) is 8.17 Å². The molecule has 0 aliphatic heterocycles. The third-order valence-electron chi connectivity index (χ3n) is 10.6. The summed E-state index contributed by atoms with van der Waals surface area (Å²) in [6, 6.07) is 66.2. The van der Waals surface area contributed by atoms with E-state index in [-0.39, 0.29) is 0 Å². The van der Waals surface area contributed by atoms with Gasteiger partial charge in [0.05, 0.1) is 11.0 Å². The van der Waals surface area contributed by atoms with Crippen LogP contribution in [0.3, 0.4) is 0 Å². The van der Waals surface area contributed by atoms with Crippen LogP contribution in [0.5, 0.6) is 0 Å². The number of anilines is 3. The average molecular weight is 665 g/mol. The molecule has 0 saturated heterocycles. The summed E-state index contributed by atoms with van der Waals surface area (Å²) in [5.41, 5.74) is 14.7. The second-order valence-corrected chi connectivity index (χ2v) is 13.7. The van der Waals surface area contributed by atoms with Gasteiger partial charge in [-0.25, -0.2) is 0 Å². The van der Waals surface area contributed by atoms with Gasteiger partial charge in [0.1, 0.15) is 0 Å². The molecule has 0 unspecified atom stereocenters. The van der Waals surface area contributed by atoms with Crippen LogP contribution in [0.2, 0.25) is 0 Å². The molecule has 0 bridgehead atoms. The van der Waals surface area contributed by atoms with Crippen molar-refractivity contribution in [3.63, 3.8) is 0 Å². The summed E-state index contributed by atoms with van der Waals surface area (Å²) in [6.45, 7) is 0. The van der Waals surface area contributed by atoms with Gasteiger partial charge in [-0.15, -0.1) is 0 Å². The molecule has 246 valence electrons. The number of rotatable bonds is 6. The number of hydrogen-bond acceptors (Lipinski definition) is 1. The zero-order valence-corrected chi connectivity index (χ0v) is 28.8. The third-order valence-corrected chi connectivity index (χ3v) is 10.6. The summed E-state index contributed by atoms with van der Waals surface area (Å²) in [4.78, 5) is 2.36. The van der Waals surface area contributed by atoms with Gasteiger partial charge in [-0.05, 0) is 124 Å². The highest BCUT2D eigenvalue weighted by Crippen LogP contribution is 2.42. The van der Waals surface area contributed by atoms with Crippen LogP contribution in [0.25, 0.3) is 66.6 Å². The lowest BCUT2D eigenvalue weighted by Gasteiger charge is -2.26. The second kappa shape index (κ2) is 12.6. The smallest absolute Gasteiger partial charge is 0.0547 e. The quantitative estimate of drug-likeness (QED) is 0.172. The largest absolute Gasteiger partial charge is 0.310 e. The van der Waals surface area contributed by atoms with E-state index in [1.807, 2.05) is 0 Å². The van der Waals surface area contributed by atoms with Crippen LogP contribution in [-0.4, -0.2) is 4.57 Å². The van der Waals surface area contributed by atoms with Crippen molar-refractivity contribution in [1.82, 2.24) is 4.57 Å². The maximum Gasteiger partial charge on any atom is 0.0547 e. The molecule has 1 aliphatic rings. The molecular weight excluding hydrogens is 629 g/mol. The Morgan fingerprint density at radius 2 is 1.13 bits per heavy atom. The Morgan fingerprint density at radius 1 is 0.462 bits per heavy atom. The van der Waals surface area contributed by atoms with Gasteiger partial charge in [-0.2, -0.15) is 0 Å². The van der Waals surface area contributed by atoms with Crippen LogP contribution in [0, 0.1) is 0 Å². The SMILES string of the molecule is C1=Cc2c(ccc3c2c2cc(-c4cccc(N(c5ccccc5)c5ccc(-c6cccc7ccccc67)cc5)c4)ccc2n3-c2ccccc2)CC1. The molecule has 2 heteroatoms. The molecule has 10 rings (SSSR count). The fourth-order valence-electron chi connectivity index (χ4n) is 8.18. The lowest BCUT2D eigenvalue weighted by molar-refractivity contribution is 0.989. The number of para-hydroxylation sites is 2. The molecule has 0 amide bonds. The Labute approximate surface area is 304 Å². The normalized spacial score (nSPS) is 12.4. The summed E-state index contributed by atoms with van der Waals surface area (Å²) in [6.07, 6.45) is 6.84. The predicted molar refractivity (Wildman–Crippen MR) is 221 cm³/mol. The molecule has 0 saturated carbocycles. The number of fused-ring (bicyclic) bond motifs is 6. The number of aryl methyl sites for hydroxylation is 1. The molecule has 9 aromatic rings. The van der Waals surface area contributed by atoms with E-state index in [0.29, 0.717) is 0 Å². The van der Waals surface area contributed by atoms with E-state index < -0.39 is 0 Å². The minimum atomic E-state index is 1.08. The lowest BCUT2D eigenvalue weighted by Crippen LogP contribution is -2.09. The fraction of sp³-hybridized carbons (Fsp3) is 0.0400. The maximum absolute atomic E-state index is 2.42. The number of allylic oxidation sites excluding steroid dienone is 1. The minimum Gasteiger partial charge on any atom is -0.310 e. The highest BCUT2D eigenvalue weighted by molar-refractivity contribution is 6.14. The molecule has 2 nitrogen and oxygen atoms in total. The van der Waals surface area contributed by atoms with Crippen LogP contribution < -0.4 is 4.90 Å². The van der Waals surface area contributed by atoms with Gasteiger partial charge in [0.2, 0.25) is 0 Å². The number of hydrogen-bond donors (Lipinski definition) is 0. The van der Waals surface area contributed by atoms with Crippen molar-refractivity contribution in [2.45, 2.75) is 12.8 Å². The van der Waals surface area contributed by atoms with Gasteiger partial charge in [0, 0.05) is 33.5 Å². The summed E-state index contributed by atoms with van der Waals surface area (Å²) in [5, 5.41) is 5.15. The van der Waals surface area contributed by atoms with Gasteiger partial charge in [0.25, 0.3) is 0 Å². The summed E-state index contributed by atoms with van der Waals surface area (Å²) in [5.74, 6) is 0. The molecule has 0 radical (unpaired) electrons. The van der Waals surface area contributed by atoms with Gasteiger partial charge in [-0.1, -0.05) is 127 Å². The number of aromatic nitrogens is 1. The predicted octanol–water partition coefficient (Wildman–Crippen LogP) is 13.7. The second-order valence-electron chi connectivity index (χ2n) is 13.7. The first-order valence-electron chi connectivity index (χ1n) is 18.2. The van der Waals surface area contributed by atoms with E-state index in [0.717, 1.165) is 29.9 Å². The van der Waals surface area contributed by atoms with E-state index in [9.17, 15) is 0 Å². The molecule has 0 atom stereocenters. The molecular formula is C50H36N2. The van der Waals surface area contributed by atoms with E-state index in [2.05, 4.69) is 204 Å². The van der Waals surface area contributed by atoms with Gasteiger partial charge in [-0.3, -0.25) is 0 Å². The van der Waals surface area contributed by atoms with Gasteiger partial charge in [0.15, 0.2) is 0 Å². The van der Waals surface area contributed by atoms with E-state index in [4.69, 9.17) is 0 Å². The Kier molecular flexibility index (Phi) is 7.32. The molecule has 1 aromatic heterocycles. The molecule has 52 heavy (non-hydrogen) atoms. The minimum absolute atomic E-state index is 1.08. The average Bonchev–Trinajstić information content (AvgIpc) is 3.56. The van der Waals surface area contributed by atoms with E-state index in [1.165, 1.54) is 71.6 Å². The Bertz CT molecular complexity index is 2770. The van der Waals surface area contributed by atoms with Crippen LogP contribution in [0.15, 0.2) is 188 Å². The summed E-state index contributed by atoms with van der Waals surface area (Å²) in [7, 11) is 0. The summed E-state index contributed by atoms with van der Waals surface area (Å²) < 4.78 is 2.42. The standard InChI is InChI=1S/C50H36N2/c1-3-17-40(18-4-1)51(42-29-25-37(26-30-42)45-24-12-15-35-13-7-9-22-44(35)45)43-21-11-16-38(33-43)39-28-31-48-47(34-39)50-46-23-10-8-14-36(46)27-32-49(50)52(48)41-19-5-2-6-20-41/h1-7,9-13,15-34H,8,14H2. The van der Waals surface area contributed by atoms with Crippen molar-refractivity contribution in [2.75, 3.05) is 4.90 Å². The van der Waals surface area contributed by atoms with Crippen LogP contribution in [0.4, 0.5) is 17.1 Å². The monoisotopic (exact) mass is 664 g/mol.